The Kier molecular flexibility index (Phi) is 5.00. The van der Waals surface area contributed by atoms with Gasteiger partial charge in [-0.25, -0.2) is 0 Å². The molecule has 1 aromatic carbocycles. The van der Waals surface area contributed by atoms with E-state index in [9.17, 15) is 8.78 Å². The third kappa shape index (κ3) is 4.04. The fraction of sp³-hybridized carbons (Fsp3) is 0.600. The number of nitrogens with zero attached hydrogens (tertiary/aromatic N) is 1. The van der Waals surface area contributed by atoms with Crippen LogP contribution >= 0.6 is 0 Å². The number of benzene rings is 1. The van der Waals surface area contributed by atoms with Crippen LogP contribution in [0, 0.1) is 5.41 Å². The molecule has 0 radical (unpaired) electrons. The minimum Gasteiger partial charge on any atom is -0.493 e. The predicted octanol–water partition coefficient (Wildman–Crippen LogP) is 2.47. The lowest BCUT2D eigenvalue weighted by Crippen LogP contribution is -2.31. The lowest BCUT2D eigenvalue weighted by Gasteiger charge is -2.22. The van der Waals surface area contributed by atoms with Crippen LogP contribution in [-0.4, -0.2) is 38.3 Å². The lowest BCUT2D eigenvalue weighted by molar-refractivity contribution is -0.0512. The number of ether oxygens (including phenoxy) is 2. The Balaban J connectivity index is 2.04. The summed E-state index contributed by atoms with van der Waals surface area (Å²) < 4.78 is 34.1. The van der Waals surface area contributed by atoms with Crippen LogP contribution in [0.2, 0.25) is 0 Å². The van der Waals surface area contributed by atoms with Gasteiger partial charge in [-0.05, 0) is 42.6 Å². The number of hydrogen-bond donors (Lipinski definition) is 1. The molecule has 1 saturated heterocycles. The number of alkyl halides is 2. The molecule has 2 N–H and O–H groups in total. The van der Waals surface area contributed by atoms with Crippen LogP contribution < -0.4 is 15.2 Å². The van der Waals surface area contributed by atoms with Crippen molar-refractivity contribution in [2.24, 2.45) is 11.1 Å². The summed E-state index contributed by atoms with van der Waals surface area (Å²) in [5.41, 5.74) is 6.98. The van der Waals surface area contributed by atoms with Gasteiger partial charge in [0.05, 0.1) is 7.11 Å². The molecule has 6 heteroatoms. The summed E-state index contributed by atoms with van der Waals surface area (Å²) in [5, 5.41) is 0. The Labute approximate surface area is 123 Å². The first-order valence-electron chi connectivity index (χ1n) is 7.00. The summed E-state index contributed by atoms with van der Waals surface area (Å²) in [6, 6.07) is 5.06. The summed E-state index contributed by atoms with van der Waals surface area (Å²) in [6.45, 7) is 2.70. The summed E-state index contributed by atoms with van der Waals surface area (Å²) in [5.74, 6) is 0.387. The van der Waals surface area contributed by atoms with E-state index in [1.54, 1.807) is 12.1 Å². The number of hydrogen-bond acceptors (Lipinski definition) is 4. The molecule has 1 aliphatic rings. The fourth-order valence-corrected chi connectivity index (χ4v) is 2.69. The van der Waals surface area contributed by atoms with Crippen LogP contribution in [0.1, 0.15) is 18.9 Å². The maximum absolute atomic E-state index is 12.3. The normalized spacial score (nSPS) is 22.8. The number of likely N-dealkylation sites (tertiary alicyclic amines) is 1. The van der Waals surface area contributed by atoms with Crippen molar-refractivity contribution in [1.29, 1.82) is 0 Å². The number of methoxy groups -OCH3 is 1. The van der Waals surface area contributed by atoms with Crippen LogP contribution in [0.25, 0.3) is 0 Å². The van der Waals surface area contributed by atoms with Gasteiger partial charge in [0, 0.05) is 13.1 Å². The highest BCUT2D eigenvalue weighted by atomic mass is 19.3. The number of rotatable bonds is 6. The van der Waals surface area contributed by atoms with Gasteiger partial charge in [0.15, 0.2) is 11.5 Å². The van der Waals surface area contributed by atoms with Gasteiger partial charge in [0.25, 0.3) is 0 Å². The van der Waals surface area contributed by atoms with Crippen LogP contribution in [-0.2, 0) is 6.54 Å². The first-order valence-corrected chi connectivity index (χ1v) is 7.00. The molecule has 1 atom stereocenters. The van der Waals surface area contributed by atoms with Gasteiger partial charge in [0.2, 0.25) is 0 Å². The Bertz CT molecular complexity index is 485. The van der Waals surface area contributed by atoms with E-state index in [2.05, 4.69) is 16.6 Å². The second-order valence-electron chi connectivity index (χ2n) is 5.84. The molecule has 118 valence electrons. The zero-order valence-electron chi connectivity index (χ0n) is 12.4. The van der Waals surface area contributed by atoms with Crippen molar-refractivity contribution in [3.63, 3.8) is 0 Å². The SMILES string of the molecule is COc1cc(CN2CCC(C)(CN)C2)ccc1OC(F)F. The minimum absolute atomic E-state index is 0.0597. The summed E-state index contributed by atoms with van der Waals surface area (Å²) in [4.78, 5) is 2.31. The monoisotopic (exact) mass is 300 g/mol. The van der Waals surface area contributed by atoms with E-state index in [4.69, 9.17) is 10.5 Å². The molecule has 0 aromatic heterocycles. The van der Waals surface area contributed by atoms with Crippen LogP contribution in [0.4, 0.5) is 8.78 Å². The molecule has 0 bridgehead atoms. The molecule has 1 aromatic rings. The zero-order chi connectivity index (χ0) is 15.5. The van der Waals surface area contributed by atoms with Crippen LogP contribution in [0.5, 0.6) is 11.5 Å². The molecule has 2 rings (SSSR count). The molecule has 1 aliphatic heterocycles. The average molecular weight is 300 g/mol. The van der Waals surface area contributed by atoms with Crippen molar-refractivity contribution in [2.75, 3.05) is 26.7 Å². The van der Waals surface area contributed by atoms with Crippen molar-refractivity contribution in [3.8, 4) is 11.5 Å². The maximum atomic E-state index is 12.3. The molecular weight excluding hydrogens is 278 g/mol. The largest absolute Gasteiger partial charge is 0.493 e. The molecule has 21 heavy (non-hydrogen) atoms. The quantitative estimate of drug-likeness (QED) is 0.877. The van der Waals surface area contributed by atoms with Gasteiger partial charge in [0.1, 0.15) is 0 Å². The number of nitrogens with two attached hydrogens (primary N) is 1. The van der Waals surface area contributed by atoms with Crippen molar-refractivity contribution >= 4 is 0 Å². The first-order chi connectivity index (χ1) is 9.95. The van der Waals surface area contributed by atoms with E-state index in [1.165, 1.54) is 13.2 Å². The molecule has 0 aliphatic carbocycles. The van der Waals surface area contributed by atoms with Crippen molar-refractivity contribution in [2.45, 2.75) is 26.5 Å². The van der Waals surface area contributed by atoms with Crippen molar-refractivity contribution in [3.05, 3.63) is 23.8 Å². The van der Waals surface area contributed by atoms with Crippen molar-refractivity contribution < 1.29 is 18.3 Å². The summed E-state index contributed by atoms with van der Waals surface area (Å²) in [7, 11) is 1.44. The second kappa shape index (κ2) is 6.58. The molecular formula is C15H22F2N2O2. The predicted molar refractivity (Wildman–Crippen MR) is 76.7 cm³/mol. The molecule has 0 amide bonds. The van der Waals surface area contributed by atoms with E-state index in [0.29, 0.717) is 12.3 Å². The zero-order valence-corrected chi connectivity index (χ0v) is 12.4. The second-order valence-corrected chi connectivity index (χ2v) is 5.84. The highest BCUT2D eigenvalue weighted by Crippen LogP contribution is 2.32. The van der Waals surface area contributed by atoms with Crippen LogP contribution in [0.15, 0.2) is 18.2 Å². The molecule has 0 saturated carbocycles. The summed E-state index contributed by atoms with van der Waals surface area (Å²) >= 11 is 0. The van der Waals surface area contributed by atoms with Gasteiger partial charge in [-0.1, -0.05) is 13.0 Å². The molecule has 1 heterocycles. The van der Waals surface area contributed by atoms with E-state index in [-0.39, 0.29) is 11.2 Å². The van der Waals surface area contributed by atoms with E-state index in [1.807, 2.05) is 0 Å². The van der Waals surface area contributed by atoms with E-state index >= 15 is 0 Å². The molecule has 1 fully saturated rings. The van der Waals surface area contributed by atoms with Crippen LogP contribution in [0.3, 0.4) is 0 Å². The molecule has 1 unspecified atom stereocenters. The fourth-order valence-electron chi connectivity index (χ4n) is 2.69. The third-order valence-corrected chi connectivity index (χ3v) is 3.98. The lowest BCUT2D eigenvalue weighted by atomic mass is 9.90. The van der Waals surface area contributed by atoms with E-state index in [0.717, 1.165) is 31.6 Å². The topological polar surface area (TPSA) is 47.7 Å². The first kappa shape index (κ1) is 16.0. The standard InChI is InChI=1S/C15H22F2N2O2/c1-15(9-18)5-6-19(10-15)8-11-3-4-12(21-14(16)17)13(7-11)20-2/h3-4,7,14H,5-6,8-10,18H2,1-2H3. The smallest absolute Gasteiger partial charge is 0.387 e. The maximum Gasteiger partial charge on any atom is 0.387 e. The Morgan fingerprint density at radius 2 is 2.14 bits per heavy atom. The van der Waals surface area contributed by atoms with Gasteiger partial charge >= 0.3 is 6.61 Å². The average Bonchev–Trinajstić information content (AvgIpc) is 2.82. The van der Waals surface area contributed by atoms with Gasteiger partial charge in [-0.3, -0.25) is 4.90 Å². The highest BCUT2D eigenvalue weighted by Gasteiger charge is 2.32. The molecule has 4 nitrogen and oxygen atoms in total. The van der Waals surface area contributed by atoms with Crippen molar-refractivity contribution in [1.82, 2.24) is 4.90 Å². The van der Waals surface area contributed by atoms with Gasteiger partial charge in [-0.2, -0.15) is 8.78 Å². The van der Waals surface area contributed by atoms with Gasteiger partial charge in [-0.15, -0.1) is 0 Å². The minimum atomic E-state index is -2.85. The van der Waals surface area contributed by atoms with Gasteiger partial charge < -0.3 is 15.2 Å². The van der Waals surface area contributed by atoms with E-state index < -0.39 is 6.61 Å². The number of halogens is 2. The molecule has 0 spiro atoms. The Hall–Kier alpha value is -1.40. The third-order valence-electron chi connectivity index (χ3n) is 3.98. The Morgan fingerprint density at radius 1 is 1.38 bits per heavy atom. The highest BCUT2D eigenvalue weighted by molar-refractivity contribution is 5.43. The summed E-state index contributed by atoms with van der Waals surface area (Å²) in [6.07, 6.45) is 1.08. The Morgan fingerprint density at radius 3 is 2.71 bits per heavy atom.